The summed E-state index contributed by atoms with van der Waals surface area (Å²) in [6, 6.07) is 5.75. The summed E-state index contributed by atoms with van der Waals surface area (Å²) < 4.78 is 31.4. The fourth-order valence-electron chi connectivity index (χ4n) is 2.39. The van der Waals surface area contributed by atoms with Crippen LogP contribution < -0.4 is 0 Å². The molecule has 2 heterocycles. The molecule has 0 N–H and O–H groups in total. The molecule has 0 aliphatic carbocycles. The summed E-state index contributed by atoms with van der Waals surface area (Å²) in [5.41, 5.74) is 2.75. The van der Waals surface area contributed by atoms with E-state index in [9.17, 15) is 8.42 Å². The van der Waals surface area contributed by atoms with E-state index in [4.69, 9.17) is 4.52 Å². The van der Waals surface area contributed by atoms with Crippen LogP contribution in [0.3, 0.4) is 0 Å². The largest absolute Gasteiger partial charge is 0.364 e. The number of rotatable bonds is 3. The number of hydrogen-bond donors (Lipinski definition) is 0. The van der Waals surface area contributed by atoms with Crippen molar-refractivity contribution in [3.8, 4) is 0 Å². The Labute approximate surface area is 139 Å². The van der Waals surface area contributed by atoms with Crippen LogP contribution in [-0.4, -0.2) is 18.6 Å². The summed E-state index contributed by atoms with van der Waals surface area (Å²) in [6.45, 7) is 7.88. The van der Waals surface area contributed by atoms with Gasteiger partial charge in [0, 0.05) is 11.0 Å². The quantitative estimate of drug-likeness (QED) is 0.717. The molecule has 0 unspecified atom stereocenters. The minimum absolute atomic E-state index is 0.138. The summed E-state index contributed by atoms with van der Waals surface area (Å²) in [7, 11) is -3.53. The first-order chi connectivity index (χ1) is 10.7. The Kier molecular flexibility index (Phi) is 3.80. The minimum Gasteiger partial charge on any atom is -0.364 e. The number of fused-ring (bicyclic) bond motifs is 1. The van der Waals surface area contributed by atoms with Gasteiger partial charge in [0.25, 0.3) is 0 Å². The summed E-state index contributed by atoms with van der Waals surface area (Å²) >= 11 is 1.20. The van der Waals surface area contributed by atoms with Gasteiger partial charge in [-0.1, -0.05) is 32.0 Å². The molecule has 0 radical (unpaired) electrons. The number of aryl methyl sites for hydroxylation is 1. The Morgan fingerprint density at radius 2 is 2.00 bits per heavy atom. The van der Waals surface area contributed by atoms with Gasteiger partial charge in [-0.25, -0.2) is 13.4 Å². The highest BCUT2D eigenvalue weighted by Gasteiger charge is 2.28. The molecule has 122 valence electrons. The second-order valence-electron chi connectivity index (χ2n) is 6.65. The molecule has 3 aromatic rings. The molecule has 7 heteroatoms. The van der Waals surface area contributed by atoms with Crippen molar-refractivity contribution >= 4 is 31.4 Å². The Morgan fingerprint density at radius 3 is 2.70 bits per heavy atom. The molecule has 0 saturated heterocycles. The van der Waals surface area contributed by atoms with E-state index < -0.39 is 9.84 Å². The number of sulfone groups is 1. The van der Waals surface area contributed by atoms with Crippen molar-refractivity contribution in [2.75, 3.05) is 0 Å². The van der Waals surface area contributed by atoms with Crippen LogP contribution in [0.4, 0.5) is 0 Å². The minimum atomic E-state index is -3.53. The van der Waals surface area contributed by atoms with E-state index >= 15 is 0 Å². The van der Waals surface area contributed by atoms with Gasteiger partial charge in [0.1, 0.15) is 6.26 Å². The van der Waals surface area contributed by atoms with Gasteiger partial charge in [0.2, 0.25) is 14.2 Å². The zero-order valence-corrected chi connectivity index (χ0v) is 15.1. The van der Waals surface area contributed by atoms with E-state index in [1.165, 1.54) is 17.6 Å². The van der Waals surface area contributed by atoms with Crippen molar-refractivity contribution < 1.29 is 12.9 Å². The zero-order chi connectivity index (χ0) is 16.8. The standard InChI is InChI=1S/C16H18N2O3S2/c1-10-5-6-13-12(7-10)17-15(22-13)23(19,20)9-11-8-21-18-14(11)16(2,3)4/h5-8H,9H2,1-4H3. The number of thiazole rings is 1. The molecule has 0 atom stereocenters. The molecule has 2 aromatic heterocycles. The Morgan fingerprint density at radius 1 is 1.26 bits per heavy atom. The smallest absolute Gasteiger partial charge is 0.210 e. The van der Waals surface area contributed by atoms with Gasteiger partial charge < -0.3 is 4.52 Å². The molecule has 3 rings (SSSR count). The Bertz CT molecular complexity index is 963. The third kappa shape index (κ3) is 3.16. The van der Waals surface area contributed by atoms with Crippen LogP contribution in [0, 0.1) is 6.92 Å². The first-order valence-corrected chi connectivity index (χ1v) is 9.67. The number of nitrogens with zero attached hydrogens (tertiary/aromatic N) is 2. The highest BCUT2D eigenvalue weighted by atomic mass is 32.2. The SMILES string of the molecule is Cc1ccc2sc(S(=O)(=O)Cc3conc3C(C)(C)C)nc2c1. The zero-order valence-electron chi connectivity index (χ0n) is 13.5. The lowest BCUT2D eigenvalue weighted by Crippen LogP contribution is -2.16. The van der Waals surface area contributed by atoms with Gasteiger partial charge in [-0.2, -0.15) is 0 Å². The van der Waals surface area contributed by atoms with E-state index in [0.29, 0.717) is 11.3 Å². The van der Waals surface area contributed by atoms with Crippen molar-refractivity contribution in [3.05, 3.63) is 41.3 Å². The van der Waals surface area contributed by atoms with Crippen LogP contribution in [0.5, 0.6) is 0 Å². The summed E-state index contributed by atoms with van der Waals surface area (Å²) in [5, 5.41) is 3.96. The second kappa shape index (κ2) is 5.42. The van der Waals surface area contributed by atoms with E-state index in [-0.39, 0.29) is 15.5 Å². The average Bonchev–Trinajstić information content (AvgIpc) is 3.03. The lowest BCUT2D eigenvalue weighted by molar-refractivity contribution is 0.393. The van der Waals surface area contributed by atoms with Crippen LogP contribution in [0.2, 0.25) is 0 Å². The van der Waals surface area contributed by atoms with Gasteiger partial charge in [0.05, 0.1) is 21.7 Å². The Hall–Kier alpha value is -1.73. The molecule has 5 nitrogen and oxygen atoms in total. The summed E-state index contributed by atoms with van der Waals surface area (Å²) in [4.78, 5) is 4.30. The predicted octanol–water partition coefficient (Wildman–Crippen LogP) is 3.86. The van der Waals surface area contributed by atoms with Gasteiger partial charge in [-0.05, 0) is 24.6 Å². The van der Waals surface area contributed by atoms with E-state index in [1.807, 2.05) is 45.9 Å². The van der Waals surface area contributed by atoms with E-state index in [2.05, 4.69) is 10.1 Å². The fraction of sp³-hybridized carbons (Fsp3) is 0.375. The van der Waals surface area contributed by atoms with E-state index in [1.54, 1.807) is 0 Å². The van der Waals surface area contributed by atoms with Crippen molar-refractivity contribution in [2.45, 2.75) is 43.2 Å². The highest BCUT2D eigenvalue weighted by molar-refractivity contribution is 7.92. The molecule has 1 aromatic carbocycles. The van der Waals surface area contributed by atoms with Gasteiger partial charge >= 0.3 is 0 Å². The van der Waals surface area contributed by atoms with Gasteiger partial charge in [0.15, 0.2) is 0 Å². The van der Waals surface area contributed by atoms with Crippen molar-refractivity contribution in [1.29, 1.82) is 0 Å². The van der Waals surface area contributed by atoms with Crippen LogP contribution in [0.1, 0.15) is 37.6 Å². The average molecular weight is 350 g/mol. The molecule has 23 heavy (non-hydrogen) atoms. The first-order valence-electron chi connectivity index (χ1n) is 7.20. The third-order valence-corrected chi connectivity index (χ3v) is 6.65. The van der Waals surface area contributed by atoms with Crippen LogP contribution in [0.25, 0.3) is 10.2 Å². The summed E-state index contributed by atoms with van der Waals surface area (Å²) in [6.07, 6.45) is 1.41. The molecule has 0 aliphatic heterocycles. The van der Waals surface area contributed by atoms with Gasteiger partial charge in [-0.3, -0.25) is 0 Å². The van der Waals surface area contributed by atoms with Crippen molar-refractivity contribution in [2.24, 2.45) is 0 Å². The van der Waals surface area contributed by atoms with Crippen molar-refractivity contribution in [3.63, 3.8) is 0 Å². The maximum absolute atomic E-state index is 12.7. The maximum atomic E-state index is 12.7. The fourth-order valence-corrected chi connectivity index (χ4v) is 5.00. The van der Waals surface area contributed by atoms with Crippen LogP contribution >= 0.6 is 11.3 Å². The number of aromatic nitrogens is 2. The molecule has 0 saturated carbocycles. The van der Waals surface area contributed by atoms with Crippen LogP contribution in [-0.2, 0) is 21.0 Å². The Balaban J connectivity index is 2.00. The molecule has 0 aliphatic rings. The molecule has 0 bridgehead atoms. The van der Waals surface area contributed by atoms with E-state index in [0.717, 1.165) is 15.8 Å². The lowest BCUT2D eigenvalue weighted by atomic mass is 9.90. The number of benzene rings is 1. The lowest BCUT2D eigenvalue weighted by Gasteiger charge is -2.15. The molecular weight excluding hydrogens is 332 g/mol. The molecule has 0 spiro atoms. The van der Waals surface area contributed by atoms with Crippen molar-refractivity contribution in [1.82, 2.24) is 10.1 Å². The normalized spacial score (nSPS) is 12.9. The topological polar surface area (TPSA) is 73.1 Å². The summed E-state index contributed by atoms with van der Waals surface area (Å²) in [5.74, 6) is -0.151. The second-order valence-corrected chi connectivity index (χ2v) is 9.84. The highest BCUT2D eigenvalue weighted by Crippen LogP contribution is 2.31. The van der Waals surface area contributed by atoms with Gasteiger partial charge in [-0.15, -0.1) is 11.3 Å². The first kappa shape index (κ1) is 16.1. The van der Waals surface area contributed by atoms with Crippen LogP contribution in [0.15, 0.2) is 33.3 Å². The predicted molar refractivity (Wildman–Crippen MR) is 90.4 cm³/mol. The molecule has 0 fully saturated rings. The molecule has 0 amide bonds. The monoisotopic (exact) mass is 350 g/mol. The maximum Gasteiger partial charge on any atom is 0.210 e. The number of hydrogen-bond acceptors (Lipinski definition) is 6. The molecular formula is C16H18N2O3S2. The third-order valence-electron chi connectivity index (χ3n) is 3.49.